The Morgan fingerprint density at radius 1 is 0.414 bits per heavy atom. The summed E-state index contributed by atoms with van der Waals surface area (Å²) in [5.74, 6) is 2.73. The van der Waals surface area contributed by atoms with Gasteiger partial charge in [0, 0.05) is 24.3 Å². The number of unbranched alkanes of at least 4 members (excludes halogenated alkanes) is 4. The van der Waals surface area contributed by atoms with Crippen LogP contribution in [0.1, 0.15) is 60.8 Å². The quantitative estimate of drug-likeness (QED) is 0.0448. The van der Waals surface area contributed by atoms with Crippen LogP contribution in [-0.2, 0) is 54.7 Å². The first-order chi connectivity index (χ1) is 33.7. The number of benzene rings is 4. The summed E-state index contributed by atoms with van der Waals surface area (Å²) in [4.78, 5) is 0. The molecular weight excluding hydrogens is 944 g/mol. The van der Waals surface area contributed by atoms with Crippen molar-refractivity contribution in [1.29, 1.82) is 0 Å². The summed E-state index contributed by atoms with van der Waals surface area (Å²) < 4.78 is 116. The van der Waals surface area contributed by atoms with Gasteiger partial charge in [-0.1, -0.05) is 84.9 Å². The summed E-state index contributed by atoms with van der Waals surface area (Å²) >= 11 is 0. The van der Waals surface area contributed by atoms with Crippen LogP contribution in [0.2, 0.25) is 0 Å². The zero-order chi connectivity index (χ0) is 50.5. The summed E-state index contributed by atoms with van der Waals surface area (Å²) in [7, 11) is -10.7. The maximum absolute atomic E-state index is 10.7. The van der Waals surface area contributed by atoms with Gasteiger partial charge in [-0.3, -0.25) is 0 Å². The fourth-order valence-corrected chi connectivity index (χ4v) is 6.18. The minimum atomic E-state index is -10.7. The van der Waals surface area contributed by atoms with Crippen LogP contribution in [0, 0.1) is 0 Å². The molecular formula is C52H72F6NO10P. The van der Waals surface area contributed by atoms with Gasteiger partial charge in [-0.15, -0.1) is 13.2 Å². The van der Waals surface area contributed by atoms with E-state index < -0.39 is 7.81 Å². The van der Waals surface area contributed by atoms with E-state index in [-0.39, 0.29) is 0 Å². The molecule has 5 rings (SSSR count). The Kier molecular flexibility index (Phi) is 28.8. The number of fused-ring (bicyclic) bond motifs is 2. The maximum Gasteiger partial charge on any atom is 0.161 e. The first-order valence-electron chi connectivity index (χ1n) is 23.6. The van der Waals surface area contributed by atoms with Crippen LogP contribution in [-0.4, -0.2) is 92.5 Å². The van der Waals surface area contributed by atoms with Crippen LogP contribution in [0.15, 0.2) is 122 Å². The van der Waals surface area contributed by atoms with E-state index in [9.17, 15) is 25.2 Å². The average molecular weight is 1020 g/mol. The van der Waals surface area contributed by atoms with Crippen LogP contribution >= 0.6 is 7.81 Å². The van der Waals surface area contributed by atoms with Crippen LogP contribution in [0.25, 0.3) is 0 Å². The molecule has 18 heteroatoms. The molecule has 0 saturated carbocycles. The minimum absolute atomic E-state index is 0.425. The number of rotatable bonds is 18. The van der Waals surface area contributed by atoms with Crippen LogP contribution in [0.4, 0.5) is 25.2 Å². The Bertz CT molecular complexity index is 1780. The third-order valence-electron chi connectivity index (χ3n) is 9.62. The van der Waals surface area contributed by atoms with E-state index in [1.54, 1.807) is 0 Å². The molecule has 0 spiro atoms. The third-order valence-corrected chi connectivity index (χ3v) is 9.62. The number of allylic oxidation sites excluding steroid dienone is 2. The van der Waals surface area contributed by atoms with Crippen molar-refractivity contribution in [2.75, 3.05) is 92.5 Å². The molecule has 0 saturated heterocycles. The van der Waals surface area contributed by atoms with Crippen molar-refractivity contribution in [1.82, 2.24) is 0 Å². The molecule has 11 nitrogen and oxygen atoms in total. The van der Waals surface area contributed by atoms with E-state index in [2.05, 4.69) is 67.0 Å². The van der Waals surface area contributed by atoms with Crippen molar-refractivity contribution in [3.63, 3.8) is 0 Å². The van der Waals surface area contributed by atoms with E-state index in [1.165, 1.54) is 22.3 Å². The zero-order valence-corrected chi connectivity index (χ0v) is 41.0. The minimum Gasteiger partial charge on any atom is -0.487 e. The number of halogens is 6. The van der Waals surface area contributed by atoms with E-state index >= 15 is 0 Å². The molecule has 0 aliphatic carbocycles. The summed E-state index contributed by atoms with van der Waals surface area (Å²) in [6.07, 6.45) is 10.6. The van der Waals surface area contributed by atoms with Crippen LogP contribution < -0.4 is 24.3 Å². The number of quaternary nitrogens is 1. The Labute approximate surface area is 409 Å². The predicted molar refractivity (Wildman–Crippen MR) is 261 cm³/mol. The summed E-state index contributed by atoms with van der Waals surface area (Å²) in [5, 5.41) is 2.34. The van der Waals surface area contributed by atoms with E-state index in [0.29, 0.717) is 115 Å². The zero-order valence-electron chi connectivity index (χ0n) is 40.2. The van der Waals surface area contributed by atoms with E-state index in [0.717, 1.165) is 64.8 Å². The molecule has 0 fully saturated rings. The maximum atomic E-state index is 9.87. The topological polar surface area (TPSA) is 109 Å². The van der Waals surface area contributed by atoms with Gasteiger partial charge < -0.3 is 52.7 Å². The molecule has 0 aromatic heterocycles. The van der Waals surface area contributed by atoms with Crippen molar-refractivity contribution in [3.05, 3.63) is 145 Å². The SMILES string of the molecule is C=CCCCCOCc1ccc(C[NH2+]Cc2ccc(COCCCCC=C)cc2)cc1.F[P-](F)(F)(F)(F)F.c1ccc2c(c1)OCCOCCOCCOc1ccccc1OCCOCCOCCO2. The van der Waals surface area contributed by atoms with Gasteiger partial charge in [0.25, 0.3) is 0 Å². The van der Waals surface area contributed by atoms with Crippen molar-refractivity contribution < 1.29 is 77.9 Å². The molecule has 0 bridgehead atoms. The normalized spacial score (nSPS) is 15.5. The second-order valence-corrected chi connectivity index (χ2v) is 17.6. The average Bonchev–Trinajstić information content (AvgIpc) is 3.33. The molecule has 0 atom stereocenters. The number of nitrogens with two attached hydrogens (primary N) is 1. The molecule has 4 aromatic rings. The third kappa shape index (κ3) is 33.8. The van der Waals surface area contributed by atoms with Crippen LogP contribution in [0.3, 0.4) is 0 Å². The second kappa shape index (κ2) is 33.8. The molecule has 0 radical (unpaired) electrons. The largest absolute Gasteiger partial charge is 0.487 e. The molecule has 1 aliphatic rings. The van der Waals surface area contributed by atoms with Gasteiger partial charge in [-0.25, -0.2) is 0 Å². The second-order valence-electron chi connectivity index (χ2n) is 15.7. The smallest absolute Gasteiger partial charge is 0.161 e. The Morgan fingerprint density at radius 3 is 0.971 bits per heavy atom. The van der Waals surface area contributed by atoms with E-state index in [4.69, 9.17) is 47.4 Å². The summed E-state index contributed by atoms with van der Waals surface area (Å²) in [6, 6.07) is 32.7. The Hall–Kier alpha value is -4.71. The first kappa shape index (κ1) is 59.6. The van der Waals surface area contributed by atoms with Gasteiger partial charge in [0.1, 0.15) is 39.5 Å². The molecule has 392 valence electrons. The monoisotopic (exact) mass is 1020 g/mol. The number of para-hydroxylation sites is 4. The molecule has 70 heavy (non-hydrogen) atoms. The Balaban J connectivity index is 0.000000326. The molecule has 1 aliphatic heterocycles. The van der Waals surface area contributed by atoms with Gasteiger partial charge in [0.05, 0.1) is 66.1 Å². The van der Waals surface area contributed by atoms with Gasteiger partial charge >= 0.3 is 33.0 Å². The van der Waals surface area contributed by atoms with Gasteiger partial charge in [0.15, 0.2) is 23.0 Å². The van der Waals surface area contributed by atoms with Crippen molar-refractivity contribution in [3.8, 4) is 23.0 Å². The standard InChI is InChI=1S/C28H39NO2.C24H32O8.F6P/c1-3-5-7-9-19-30-23-27-15-11-25(12-16-27)21-29-22-26-13-17-28(18-14-26)24-31-20-10-8-6-4-2;1-2-6-22-21(5-1)29-17-13-25-9-10-27-15-19-31-23-7-3-4-8-24(23)32-20-16-28-12-11-26-14-18-30-22;1-7(2,3,4,5)6/h3-4,11-18,29H,1-2,5-10,19-24H2;1-8H,9-20H2;/q;;-1/p+1. The van der Waals surface area contributed by atoms with Gasteiger partial charge in [-0.2, -0.15) is 0 Å². The Morgan fingerprint density at radius 2 is 0.686 bits per heavy atom. The first-order valence-corrected chi connectivity index (χ1v) is 25.6. The molecule has 2 N–H and O–H groups in total. The predicted octanol–water partition coefficient (Wildman–Crippen LogP) is 12.1. The summed E-state index contributed by atoms with van der Waals surface area (Å²) in [6.45, 7) is 18.0. The van der Waals surface area contributed by atoms with Gasteiger partial charge in [-0.05, 0) is 73.9 Å². The molecule has 0 unspecified atom stereocenters. The van der Waals surface area contributed by atoms with Crippen molar-refractivity contribution >= 4 is 7.81 Å². The molecule has 0 amide bonds. The van der Waals surface area contributed by atoms with Crippen LogP contribution in [0.5, 0.6) is 23.0 Å². The fraction of sp³-hybridized carbons (Fsp3) is 0.462. The number of ether oxygens (including phenoxy) is 10. The number of hydrogen-bond donors (Lipinski definition) is 1. The van der Waals surface area contributed by atoms with Gasteiger partial charge in [0.2, 0.25) is 0 Å². The fourth-order valence-electron chi connectivity index (χ4n) is 6.18. The molecule has 4 aromatic carbocycles. The van der Waals surface area contributed by atoms with E-state index in [1.807, 2.05) is 60.7 Å². The van der Waals surface area contributed by atoms with Crippen molar-refractivity contribution in [2.24, 2.45) is 0 Å². The molecule has 1 heterocycles. The number of hydrogen-bond acceptors (Lipinski definition) is 10. The summed E-state index contributed by atoms with van der Waals surface area (Å²) in [5.41, 5.74) is 5.17. The van der Waals surface area contributed by atoms with Crippen molar-refractivity contribution in [2.45, 2.75) is 64.8 Å².